The van der Waals surface area contributed by atoms with Crippen LogP contribution in [0.2, 0.25) is 0 Å². The Morgan fingerprint density at radius 3 is 2.62 bits per heavy atom. The zero-order chi connectivity index (χ0) is 20.5. The molecule has 29 heavy (non-hydrogen) atoms. The van der Waals surface area contributed by atoms with Crippen molar-refractivity contribution in [2.24, 2.45) is 5.10 Å². The van der Waals surface area contributed by atoms with Crippen molar-refractivity contribution in [1.82, 2.24) is 19.2 Å². The minimum atomic E-state index is -0.753. The standard InChI is InChI=1S/C20H13F2N7/c1-12-27-18-19(24)28(26-10-14-4-2-13(9-23)3-5-14)11-25-20(18)29(12)17-7-6-15(21)8-16(17)22/h2-8,10-11,24H,1H3/b24-19?,26-10-. The molecule has 0 bridgehead atoms. The summed E-state index contributed by atoms with van der Waals surface area (Å²) in [6, 6.07) is 12.1. The van der Waals surface area contributed by atoms with Crippen LogP contribution in [0.15, 0.2) is 53.9 Å². The highest BCUT2D eigenvalue weighted by atomic mass is 19.1. The molecule has 0 saturated carbocycles. The maximum atomic E-state index is 14.3. The molecule has 0 aliphatic heterocycles. The smallest absolute Gasteiger partial charge is 0.177 e. The molecule has 0 fully saturated rings. The monoisotopic (exact) mass is 389 g/mol. The fourth-order valence-electron chi connectivity index (χ4n) is 2.89. The van der Waals surface area contributed by atoms with Crippen molar-refractivity contribution in [2.45, 2.75) is 6.92 Å². The summed E-state index contributed by atoms with van der Waals surface area (Å²) in [6.45, 7) is 1.65. The Balaban J connectivity index is 1.78. The minimum absolute atomic E-state index is 0.0377. The molecular formula is C20H13F2N7. The van der Waals surface area contributed by atoms with Gasteiger partial charge in [0.15, 0.2) is 16.7 Å². The van der Waals surface area contributed by atoms with E-state index in [1.54, 1.807) is 31.2 Å². The average Bonchev–Trinajstić information content (AvgIpc) is 3.05. The Morgan fingerprint density at radius 1 is 1.17 bits per heavy atom. The topological polar surface area (TPSA) is 95.6 Å². The minimum Gasteiger partial charge on any atom is -0.281 e. The normalized spacial score (nSPS) is 11.2. The Bertz CT molecular complexity index is 1360. The van der Waals surface area contributed by atoms with E-state index in [-0.39, 0.29) is 22.3 Å². The van der Waals surface area contributed by atoms with Gasteiger partial charge in [0.05, 0.1) is 23.5 Å². The second kappa shape index (κ2) is 7.09. The number of halogens is 2. The predicted octanol–water partition coefficient (Wildman–Crippen LogP) is 3.04. The first-order valence-corrected chi connectivity index (χ1v) is 8.49. The van der Waals surface area contributed by atoms with E-state index in [1.165, 1.54) is 27.9 Å². The first-order chi connectivity index (χ1) is 14.0. The lowest BCUT2D eigenvalue weighted by Crippen LogP contribution is -2.18. The number of aromatic nitrogens is 4. The van der Waals surface area contributed by atoms with Crippen molar-refractivity contribution < 1.29 is 8.78 Å². The van der Waals surface area contributed by atoms with E-state index in [2.05, 4.69) is 15.1 Å². The van der Waals surface area contributed by atoms with Crippen LogP contribution < -0.4 is 5.49 Å². The van der Waals surface area contributed by atoms with Crippen molar-refractivity contribution in [3.63, 3.8) is 0 Å². The number of nitrogens with zero attached hydrogens (tertiary/aromatic N) is 6. The molecule has 142 valence electrons. The number of fused-ring (bicyclic) bond motifs is 1. The van der Waals surface area contributed by atoms with Gasteiger partial charge in [0, 0.05) is 6.07 Å². The number of nitrogens with one attached hydrogen (secondary N) is 1. The Morgan fingerprint density at radius 2 is 1.93 bits per heavy atom. The van der Waals surface area contributed by atoms with Crippen molar-refractivity contribution in [2.75, 3.05) is 0 Å². The van der Waals surface area contributed by atoms with Crippen LogP contribution in [0, 0.1) is 35.3 Å². The van der Waals surface area contributed by atoms with Crippen LogP contribution in [-0.4, -0.2) is 25.4 Å². The van der Waals surface area contributed by atoms with Crippen LogP contribution in [0.5, 0.6) is 0 Å². The number of imidazole rings is 1. The number of rotatable bonds is 3. The predicted molar refractivity (Wildman–Crippen MR) is 102 cm³/mol. The summed E-state index contributed by atoms with van der Waals surface area (Å²) in [4.78, 5) is 8.58. The summed E-state index contributed by atoms with van der Waals surface area (Å²) in [5.74, 6) is -1.03. The molecule has 0 aliphatic carbocycles. The molecule has 7 nitrogen and oxygen atoms in total. The molecule has 2 aromatic heterocycles. The molecule has 4 aromatic rings. The third kappa shape index (κ3) is 3.27. The molecule has 0 atom stereocenters. The van der Waals surface area contributed by atoms with Crippen molar-refractivity contribution in [3.05, 3.63) is 82.9 Å². The highest BCUT2D eigenvalue weighted by Crippen LogP contribution is 2.21. The van der Waals surface area contributed by atoms with Crippen molar-refractivity contribution in [3.8, 4) is 11.8 Å². The first kappa shape index (κ1) is 18.2. The average molecular weight is 389 g/mol. The molecular weight excluding hydrogens is 376 g/mol. The van der Waals surface area contributed by atoms with E-state index < -0.39 is 11.6 Å². The van der Waals surface area contributed by atoms with E-state index in [4.69, 9.17) is 10.7 Å². The van der Waals surface area contributed by atoms with Crippen LogP contribution in [-0.2, 0) is 0 Å². The lowest BCUT2D eigenvalue weighted by molar-refractivity contribution is 0.577. The third-order valence-electron chi connectivity index (χ3n) is 4.29. The molecule has 4 rings (SSSR count). The zero-order valence-electron chi connectivity index (χ0n) is 15.1. The third-order valence-corrected chi connectivity index (χ3v) is 4.29. The SMILES string of the molecule is Cc1nc2c(=N)n(/N=C\c3ccc(C#N)cc3)cnc2n1-c1ccc(F)cc1F. The molecule has 0 spiro atoms. The Labute approximate surface area is 163 Å². The maximum absolute atomic E-state index is 14.3. The van der Waals surface area contributed by atoms with Crippen LogP contribution in [0.25, 0.3) is 16.9 Å². The fourth-order valence-corrected chi connectivity index (χ4v) is 2.89. The fraction of sp³-hybridized carbons (Fsp3) is 0.0500. The molecule has 2 aromatic carbocycles. The van der Waals surface area contributed by atoms with Crippen LogP contribution in [0.4, 0.5) is 8.78 Å². The van der Waals surface area contributed by atoms with E-state index in [9.17, 15) is 8.78 Å². The Kier molecular flexibility index (Phi) is 4.44. The summed E-state index contributed by atoms with van der Waals surface area (Å²) < 4.78 is 30.2. The summed E-state index contributed by atoms with van der Waals surface area (Å²) in [5, 5.41) is 21.4. The van der Waals surface area contributed by atoms with Gasteiger partial charge < -0.3 is 0 Å². The summed E-state index contributed by atoms with van der Waals surface area (Å²) in [7, 11) is 0. The second-order valence-electron chi connectivity index (χ2n) is 6.18. The number of benzene rings is 2. The number of hydrogen-bond acceptors (Lipinski definition) is 5. The van der Waals surface area contributed by atoms with Gasteiger partial charge in [-0.1, -0.05) is 12.1 Å². The highest BCUT2D eigenvalue weighted by Gasteiger charge is 2.16. The molecule has 9 heteroatoms. The van der Waals surface area contributed by atoms with Gasteiger partial charge in [-0.05, 0) is 36.8 Å². The number of hydrogen-bond donors (Lipinski definition) is 1. The molecule has 0 unspecified atom stereocenters. The van der Waals surface area contributed by atoms with Gasteiger partial charge in [0.2, 0.25) is 0 Å². The lowest BCUT2D eigenvalue weighted by atomic mass is 10.2. The Hall–Kier alpha value is -4.19. The van der Waals surface area contributed by atoms with E-state index in [1.807, 2.05) is 6.07 Å². The molecule has 0 amide bonds. The quantitative estimate of drug-likeness (QED) is 0.546. The van der Waals surface area contributed by atoms with Gasteiger partial charge in [0.25, 0.3) is 0 Å². The molecule has 2 heterocycles. The van der Waals surface area contributed by atoms with Gasteiger partial charge in [0.1, 0.15) is 23.8 Å². The van der Waals surface area contributed by atoms with E-state index >= 15 is 0 Å². The second-order valence-corrected chi connectivity index (χ2v) is 6.18. The first-order valence-electron chi connectivity index (χ1n) is 8.49. The summed E-state index contributed by atoms with van der Waals surface area (Å²) >= 11 is 0. The number of nitriles is 1. The van der Waals surface area contributed by atoms with Gasteiger partial charge in [-0.3, -0.25) is 9.98 Å². The molecule has 1 N–H and O–H groups in total. The zero-order valence-corrected chi connectivity index (χ0v) is 15.1. The van der Waals surface area contributed by atoms with Gasteiger partial charge in [-0.25, -0.2) is 23.4 Å². The van der Waals surface area contributed by atoms with Crippen LogP contribution >= 0.6 is 0 Å². The van der Waals surface area contributed by atoms with Gasteiger partial charge >= 0.3 is 0 Å². The maximum Gasteiger partial charge on any atom is 0.177 e. The summed E-state index contributed by atoms with van der Waals surface area (Å²) in [5.41, 5.74) is 1.83. The van der Waals surface area contributed by atoms with Crippen LogP contribution in [0.3, 0.4) is 0 Å². The largest absolute Gasteiger partial charge is 0.281 e. The molecule has 0 aliphatic rings. The van der Waals surface area contributed by atoms with Crippen molar-refractivity contribution >= 4 is 17.4 Å². The highest BCUT2D eigenvalue weighted by molar-refractivity contribution is 5.80. The molecule has 0 saturated heterocycles. The van der Waals surface area contributed by atoms with Crippen molar-refractivity contribution in [1.29, 1.82) is 10.7 Å². The van der Waals surface area contributed by atoms with Gasteiger partial charge in [-0.15, -0.1) is 0 Å². The lowest BCUT2D eigenvalue weighted by Gasteiger charge is -2.07. The summed E-state index contributed by atoms with van der Waals surface area (Å²) in [6.07, 6.45) is 2.85. The van der Waals surface area contributed by atoms with Gasteiger partial charge in [-0.2, -0.15) is 10.4 Å². The molecule has 0 radical (unpaired) electrons. The van der Waals surface area contributed by atoms with E-state index in [0.29, 0.717) is 11.4 Å². The number of aryl methyl sites for hydroxylation is 1. The van der Waals surface area contributed by atoms with Crippen LogP contribution in [0.1, 0.15) is 17.0 Å². The van der Waals surface area contributed by atoms with E-state index in [0.717, 1.165) is 17.7 Å².